The van der Waals surface area contributed by atoms with Crippen molar-refractivity contribution >= 4 is 17.8 Å². The molecule has 0 aromatic heterocycles. The predicted octanol–water partition coefficient (Wildman–Crippen LogP) is 4.55. The Hall–Kier alpha value is -1.47. The number of rotatable bonds is 1. The molecule has 2 aromatic carbocycles. The van der Waals surface area contributed by atoms with Crippen LogP contribution in [0.4, 0.5) is 0 Å². The van der Waals surface area contributed by atoms with Gasteiger partial charge in [-0.3, -0.25) is 0 Å². The molecule has 1 aliphatic heterocycles. The fourth-order valence-electron chi connectivity index (χ4n) is 1.91. The van der Waals surface area contributed by atoms with Crippen LogP contribution in [0, 0.1) is 0 Å². The molecule has 1 aliphatic rings. The van der Waals surface area contributed by atoms with Crippen molar-refractivity contribution in [3.8, 4) is 0 Å². The summed E-state index contributed by atoms with van der Waals surface area (Å²) in [6.07, 6.45) is 4.51. The summed E-state index contributed by atoms with van der Waals surface area (Å²) in [4.78, 5) is 1.37. The average Bonchev–Trinajstić information content (AvgIpc) is 2.39. The molecule has 0 saturated carbocycles. The molecule has 0 amide bonds. The lowest BCUT2D eigenvalue weighted by Gasteiger charge is -2.18. The zero-order valence-corrected chi connectivity index (χ0v) is 9.65. The van der Waals surface area contributed by atoms with Crippen molar-refractivity contribution in [1.29, 1.82) is 0 Å². The Kier molecular flexibility index (Phi) is 2.55. The third-order valence-corrected chi connectivity index (χ3v) is 4.06. The Morgan fingerprint density at radius 3 is 2.44 bits per heavy atom. The number of hydrogen-bond acceptors (Lipinski definition) is 1. The van der Waals surface area contributed by atoms with Crippen molar-refractivity contribution in [1.82, 2.24) is 0 Å². The highest BCUT2D eigenvalue weighted by molar-refractivity contribution is 7.99. The van der Waals surface area contributed by atoms with Gasteiger partial charge in [0.1, 0.15) is 0 Å². The molecule has 0 spiro atoms. The molecule has 16 heavy (non-hydrogen) atoms. The average molecular weight is 224 g/mol. The van der Waals surface area contributed by atoms with Gasteiger partial charge in [0.15, 0.2) is 0 Å². The van der Waals surface area contributed by atoms with Crippen molar-refractivity contribution in [2.75, 3.05) is 0 Å². The van der Waals surface area contributed by atoms with Gasteiger partial charge in [-0.2, -0.15) is 0 Å². The summed E-state index contributed by atoms with van der Waals surface area (Å²) in [5, 5.41) is 0.455. The van der Waals surface area contributed by atoms with E-state index in [0.717, 1.165) is 0 Å². The van der Waals surface area contributed by atoms with Crippen molar-refractivity contribution in [3.63, 3.8) is 0 Å². The molecule has 0 aliphatic carbocycles. The summed E-state index contributed by atoms with van der Waals surface area (Å²) in [7, 11) is 0. The summed E-state index contributed by atoms with van der Waals surface area (Å²) in [6, 6.07) is 19.2. The Morgan fingerprint density at radius 1 is 0.812 bits per heavy atom. The van der Waals surface area contributed by atoms with E-state index in [4.69, 9.17) is 0 Å². The maximum atomic E-state index is 2.28. The fraction of sp³-hybridized carbons (Fsp3) is 0.0667. The minimum Gasteiger partial charge on any atom is -0.113 e. The summed E-state index contributed by atoms with van der Waals surface area (Å²) in [5.41, 5.74) is 2.71. The summed E-state index contributed by atoms with van der Waals surface area (Å²) >= 11 is 1.92. The lowest BCUT2D eigenvalue weighted by molar-refractivity contribution is 1.20. The lowest BCUT2D eigenvalue weighted by Crippen LogP contribution is -1.95. The number of fused-ring (bicyclic) bond motifs is 1. The molecular formula is C15H12S. The van der Waals surface area contributed by atoms with E-state index in [9.17, 15) is 0 Å². The quantitative estimate of drug-likeness (QED) is 0.685. The van der Waals surface area contributed by atoms with Crippen LogP contribution in [0.5, 0.6) is 0 Å². The van der Waals surface area contributed by atoms with Crippen molar-refractivity contribution in [3.05, 3.63) is 71.8 Å². The summed E-state index contributed by atoms with van der Waals surface area (Å²) in [5.74, 6) is 0. The first kappa shape index (κ1) is 9.73. The van der Waals surface area contributed by atoms with E-state index in [-0.39, 0.29) is 0 Å². The molecule has 1 heterocycles. The van der Waals surface area contributed by atoms with Crippen LogP contribution in [0.3, 0.4) is 0 Å². The zero-order chi connectivity index (χ0) is 10.8. The first-order chi connectivity index (χ1) is 7.93. The van der Waals surface area contributed by atoms with Gasteiger partial charge >= 0.3 is 0 Å². The first-order valence-corrected chi connectivity index (χ1v) is 6.30. The molecule has 0 nitrogen and oxygen atoms in total. The van der Waals surface area contributed by atoms with Crippen molar-refractivity contribution < 1.29 is 0 Å². The van der Waals surface area contributed by atoms with Gasteiger partial charge in [0.05, 0.1) is 5.25 Å². The second kappa shape index (κ2) is 4.18. The Labute approximate surface area is 100 Å². The zero-order valence-electron chi connectivity index (χ0n) is 8.84. The van der Waals surface area contributed by atoms with E-state index in [1.807, 2.05) is 11.8 Å². The molecular weight excluding hydrogens is 212 g/mol. The second-order valence-corrected chi connectivity index (χ2v) is 5.03. The Balaban J connectivity index is 1.95. The van der Waals surface area contributed by atoms with Crippen LogP contribution < -0.4 is 0 Å². The van der Waals surface area contributed by atoms with Crippen molar-refractivity contribution in [2.45, 2.75) is 10.1 Å². The van der Waals surface area contributed by atoms with Crippen LogP contribution >= 0.6 is 11.8 Å². The molecule has 3 rings (SSSR count). The Bertz CT molecular complexity index is 514. The lowest BCUT2D eigenvalue weighted by atomic mass is 10.1. The molecule has 1 unspecified atom stereocenters. The third kappa shape index (κ3) is 1.79. The normalized spacial score (nSPS) is 18.1. The molecule has 0 N–H and O–H groups in total. The van der Waals surface area contributed by atoms with Gasteiger partial charge in [0.2, 0.25) is 0 Å². The highest BCUT2D eigenvalue weighted by Gasteiger charge is 2.14. The van der Waals surface area contributed by atoms with Crippen LogP contribution in [-0.2, 0) is 0 Å². The molecule has 1 heteroatoms. The van der Waals surface area contributed by atoms with Crippen LogP contribution in [-0.4, -0.2) is 0 Å². The minimum atomic E-state index is 0.455. The van der Waals surface area contributed by atoms with E-state index in [0.29, 0.717) is 5.25 Å². The third-order valence-electron chi connectivity index (χ3n) is 2.75. The highest BCUT2D eigenvalue weighted by Crippen LogP contribution is 2.41. The topological polar surface area (TPSA) is 0 Å². The maximum absolute atomic E-state index is 2.28. The second-order valence-electron chi connectivity index (χ2n) is 3.85. The molecule has 0 radical (unpaired) electrons. The van der Waals surface area contributed by atoms with Crippen LogP contribution in [0.25, 0.3) is 6.08 Å². The molecule has 0 bridgehead atoms. The van der Waals surface area contributed by atoms with E-state index in [2.05, 4.69) is 66.7 Å². The van der Waals surface area contributed by atoms with Crippen molar-refractivity contribution in [2.24, 2.45) is 0 Å². The van der Waals surface area contributed by atoms with Gasteiger partial charge in [-0.1, -0.05) is 60.7 Å². The summed E-state index contributed by atoms with van der Waals surface area (Å²) in [6.45, 7) is 0. The van der Waals surface area contributed by atoms with Crippen LogP contribution in [0.15, 0.2) is 65.6 Å². The maximum Gasteiger partial charge on any atom is 0.0528 e. The number of benzene rings is 2. The molecule has 78 valence electrons. The van der Waals surface area contributed by atoms with E-state index < -0.39 is 0 Å². The molecule has 0 saturated heterocycles. The Morgan fingerprint density at radius 2 is 1.56 bits per heavy atom. The van der Waals surface area contributed by atoms with Gasteiger partial charge < -0.3 is 0 Å². The first-order valence-electron chi connectivity index (χ1n) is 5.42. The summed E-state index contributed by atoms with van der Waals surface area (Å²) < 4.78 is 0. The van der Waals surface area contributed by atoms with E-state index in [1.54, 1.807) is 0 Å². The highest BCUT2D eigenvalue weighted by atomic mass is 32.2. The molecule has 0 fully saturated rings. The van der Waals surface area contributed by atoms with Gasteiger partial charge in [0, 0.05) is 4.90 Å². The SMILES string of the molecule is C1=CC(c2ccccc2)Sc2ccccc21. The minimum absolute atomic E-state index is 0.455. The fourth-order valence-corrected chi connectivity index (χ4v) is 3.07. The molecule has 1 atom stereocenters. The monoisotopic (exact) mass is 224 g/mol. The van der Waals surface area contributed by atoms with Gasteiger partial charge in [-0.05, 0) is 17.2 Å². The standard InChI is InChI=1S/C15H12S/c1-2-6-12(7-3-1)15-11-10-13-8-4-5-9-14(13)16-15/h1-11,15H. The van der Waals surface area contributed by atoms with Gasteiger partial charge in [-0.25, -0.2) is 0 Å². The smallest absolute Gasteiger partial charge is 0.0528 e. The van der Waals surface area contributed by atoms with E-state index >= 15 is 0 Å². The van der Waals surface area contributed by atoms with Crippen LogP contribution in [0.2, 0.25) is 0 Å². The van der Waals surface area contributed by atoms with Gasteiger partial charge in [0.25, 0.3) is 0 Å². The molecule has 2 aromatic rings. The largest absolute Gasteiger partial charge is 0.113 e. The van der Waals surface area contributed by atoms with Gasteiger partial charge in [-0.15, -0.1) is 11.8 Å². The van der Waals surface area contributed by atoms with Crippen LogP contribution in [0.1, 0.15) is 16.4 Å². The predicted molar refractivity (Wildman–Crippen MR) is 70.5 cm³/mol. The van der Waals surface area contributed by atoms with E-state index in [1.165, 1.54) is 16.0 Å². The number of thioether (sulfide) groups is 1. The number of hydrogen-bond donors (Lipinski definition) is 0.